The summed E-state index contributed by atoms with van der Waals surface area (Å²) in [6.45, 7) is 2.49. The van der Waals surface area contributed by atoms with E-state index in [9.17, 15) is 10.1 Å². The molecule has 0 aliphatic rings. The number of benzene rings is 3. The molecule has 0 bridgehead atoms. The lowest BCUT2D eigenvalue weighted by atomic mass is 10.0. The van der Waals surface area contributed by atoms with Crippen molar-refractivity contribution >= 4 is 28.4 Å². The minimum atomic E-state index is -0.440. The number of hydrogen-bond donors (Lipinski definition) is 1. The number of ether oxygens (including phenoxy) is 1. The molecule has 0 spiro atoms. The van der Waals surface area contributed by atoms with Gasteiger partial charge < -0.3 is 10.1 Å². The molecule has 3 aromatic rings. The monoisotopic (exact) mass is 342 g/mol. The Labute approximate surface area is 152 Å². The molecule has 3 aromatic carbocycles. The maximum Gasteiger partial charge on any atom is 0.266 e. The number of amides is 1. The topological polar surface area (TPSA) is 62.1 Å². The van der Waals surface area contributed by atoms with Gasteiger partial charge in [0.2, 0.25) is 0 Å². The quantitative estimate of drug-likeness (QED) is 0.536. The van der Waals surface area contributed by atoms with Crippen LogP contribution in [0.15, 0.2) is 72.3 Å². The molecule has 0 radical (unpaired) electrons. The van der Waals surface area contributed by atoms with Gasteiger partial charge in [-0.2, -0.15) is 5.26 Å². The van der Waals surface area contributed by atoms with E-state index in [4.69, 9.17) is 4.74 Å². The maximum absolute atomic E-state index is 12.5. The van der Waals surface area contributed by atoms with Crippen molar-refractivity contribution in [2.24, 2.45) is 0 Å². The first kappa shape index (κ1) is 17.2. The smallest absolute Gasteiger partial charge is 0.266 e. The van der Waals surface area contributed by atoms with Gasteiger partial charge >= 0.3 is 0 Å². The van der Waals surface area contributed by atoms with E-state index in [1.54, 1.807) is 30.3 Å². The van der Waals surface area contributed by atoms with Gasteiger partial charge in [-0.3, -0.25) is 4.79 Å². The molecule has 26 heavy (non-hydrogen) atoms. The summed E-state index contributed by atoms with van der Waals surface area (Å²) in [5.41, 5.74) is 1.49. The highest BCUT2D eigenvalue weighted by atomic mass is 16.5. The molecule has 0 aliphatic carbocycles. The normalized spacial score (nSPS) is 11.0. The third-order valence-corrected chi connectivity index (χ3v) is 3.91. The van der Waals surface area contributed by atoms with Gasteiger partial charge in [0.15, 0.2) is 0 Å². The molecule has 0 saturated carbocycles. The van der Waals surface area contributed by atoms with Crippen LogP contribution in [0.3, 0.4) is 0 Å². The fourth-order valence-corrected chi connectivity index (χ4v) is 2.68. The van der Waals surface area contributed by atoms with Crippen LogP contribution in [0, 0.1) is 11.3 Å². The van der Waals surface area contributed by atoms with Crippen molar-refractivity contribution in [1.29, 1.82) is 5.26 Å². The summed E-state index contributed by atoms with van der Waals surface area (Å²) in [7, 11) is 0. The van der Waals surface area contributed by atoms with Crippen LogP contribution in [0.25, 0.3) is 16.8 Å². The van der Waals surface area contributed by atoms with Gasteiger partial charge in [0, 0.05) is 5.69 Å². The fourth-order valence-electron chi connectivity index (χ4n) is 2.68. The standard InChI is InChI=1S/C22H18N2O2/c1-2-26-20-12-10-19(11-13-20)24-22(25)18(15-23)14-17-8-5-7-16-6-3-4-9-21(16)17/h3-14H,2H2,1H3,(H,24,25)/b18-14-. The van der Waals surface area contributed by atoms with Crippen molar-refractivity contribution in [2.75, 3.05) is 11.9 Å². The summed E-state index contributed by atoms with van der Waals surface area (Å²) in [5.74, 6) is 0.293. The summed E-state index contributed by atoms with van der Waals surface area (Å²) in [4.78, 5) is 12.5. The zero-order chi connectivity index (χ0) is 18.4. The van der Waals surface area contributed by atoms with Gasteiger partial charge in [-0.15, -0.1) is 0 Å². The van der Waals surface area contributed by atoms with Crippen molar-refractivity contribution in [2.45, 2.75) is 6.92 Å². The Kier molecular flexibility index (Phi) is 5.31. The second-order valence-corrected chi connectivity index (χ2v) is 5.65. The van der Waals surface area contributed by atoms with Crippen LogP contribution < -0.4 is 10.1 Å². The average molecular weight is 342 g/mol. The summed E-state index contributed by atoms with van der Waals surface area (Å²) in [6.07, 6.45) is 1.62. The number of fused-ring (bicyclic) bond motifs is 1. The molecule has 3 rings (SSSR count). The molecule has 1 N–H and O–H groups in total. The van der Waals surface area contributed by atoms with Crippen molar-refractivity contribution in [3.8, 4) is 11.8 Å². The Hall–Kier alpha value is -3.58. The molecule has 0 unspecified atom stereocenters. The molecular formula is C22H18N2O2. The fraction of sp³-hybridized carbons (Fsp3) is 0.0909. The van der Waals surface area contributed by atoms with Gasteiger partial charge in [0.1, 0.15) is 17.4 Å². The average Bonchev–Trinajstić information content (AvgIpc) is 2.68. The van der Waals surface area contributed by atoms with Crippen LogP contribution >= 0.6 is 0 Å². The van der Waals surface area contributed by atoms with Crippen LogP contribution in [0.2, 0.25) is 0 Å². The Bertz CT molecular complexity index is 993. The lowest BCUT2D eigenvalue weighted by Gasteiger charge is -2.07. The van der Waals surface area contributed by atoms with E-state index in [2.05, 4.69) is 5.32 Å². The first-order chi connectivity index (χ1) is 12.7. The third-order valence-electron chi connectivity index (χ3n) is 3.91. The van der Waals surface area contributed by atoms with Crippen LogP contribution in [-0.4, -0.2) is 12.5 Å². The van der Waals surface area contributed by atoms with Crippen LogP contribution in [0.5, 0.6) is 5.75 Å². The van der Waals surface area contributed by atoms with Crippen LogP contribution in [-0.2, 0) is 4.79 Å². The highest BCUT2D eigenvalue weighted by Gasteiger charge is 2.10. The van der Waals surface area contributed by atoms with Crippen molar-refractivity contribution in [3.05, 3.63) is 77.9 Å². The van der Waals surface area contributed by atoms with E-state index in [-0.39, 0.29) is 5.57 Å². The van der Waals surface area contributed by atoms with E-state index in [1.165, 1.54) is 0 Å². The van der Waals surface area contributed by atoms with E-state index in [0.717, 1.165) is 22.1 Å². The summed E-state index contributed by atoms with van der Waals surface area (Å²) >= 11 is 0. The Morgan fingerprint density at radius 1 is 1.08 bits per heavy atom. The van der Waals surface area contributed by atoms with Crippen molar-refractivity contribution in [3.63, 3.8) is 0 Å². The highest BCUT2D eigenvalue weighted by Crippen LogP contribution is 2.21. The Morgan fingerprint density at radius 2 is 1.81 bits per heavy atom. The second-order valence-electron chi connectivity index (χ2n) is 5.65. The minimum absolute atomic E-state index is 0.0511. The molecule has 0 heterocycles. The number of nitrogens with zero attached hydrogens (tertiary/aromatic N) is 1. The molecular weight excluding hydrogens is 324 g/mol. The molecule has 0 atom stereocenters. The number of carbonyl (C=O) groups excluding carboxylic acids is 1. The predicted molar refractivity (Wildman–Crippen MR) is 104 cm³/mol. The van der Waals surface area contributed by atoms with Crippen LogP contribution in [0.4, 0.5) is 5.69 Å². The summed E-state index contributed by atoms with van der Waals surface area (Å²) in [6, 6.07) is 22.7. The van der Waals surface area contributed by atoms with Gasteiger partial charge in [-0.1, -0.05) is 42.5 Å². The highest BCUT2D eigenvalue weighted by molar-refractivity contribution is 6.10. The lowest BCUT2D eigenvalue weighted by molar-refractivity contribution is -0.112. The molecule has 1 amide bonds. The second kappa shape index (κ2) is 8.00. The number of hydrogen-bond acceptors (Lipinski definition) is 3. The van der Waals surface area contributed by atoms with Gasteiger partial charge in [-0.25, -0.2) is 0 Å². The SMILES string of the molecule is CCOc1ccc(NC(=O)/C(C#N)=C\c2cccc3ccccc23)cc1. The molecule has 4 nitrogen and oxygen atoms in total. The molecule has 128 valence electrons. The predicted octanol–water partition coefficient (Wildman–Crippen LogP) is 4.78. The molecule has 0 saturated heterocycles. The van der Waals surface area contributed by atoms with Crippen molar-refractivity contribution < 1.29 is 9.53 Å². The van der Waals surface area contributed by atoms with Gasteiger partial charge in [-0.05, 0) is 53.6 Å². The zero-order valence-corrected chi connectivity index (χ0v) is 14.4. The number of anilines is 1. The van der Waals surface area contributed by atoms with Gasteiger partial charge in [0.05, 0.1) is 6.61 Å². The molecule has 4 heteroatoms. The van der Waals surface area contributed by atoms with E-state index < -0.39 is 5.91 Å². The zero-order valence-electron chi connectivity index (χ0n) is 14.4. The molecule has 0 aromatic heterocycles. The third kappa shape index (κ3) is 3.90. The number of carbonyl (C=O) groups is 1. The summed E-state index contributed by atoms with van der Waals surface area (Å²) < 4.78 is 5.38. The lowest BCUT2D eigenvalue weighted by Crippen LogP contribution is -2.13. The Morgan fingerprint density at radius 3 is 2.54 bits per heavy atom. The van der Waals surface area contributed by atoms with E-state index >= 15 is 0 Å². The maximum atomic E-state index is 12.5. The minimum Gasteiger partial charge on any atom is -0.494 e. The largest absolute Gasteiger partial charge is 0.494 e. The van der Waals surface area contributed by atoms with E-state index in [0.29, 0.717) is 12.3 Å². The first-order valence-corrected chi connectivity index (χ1v) is 8.35. The number of rotatable bonds is 5. The number of nitriles is 1. The summed E-state index contributed by atoms with van der Waals surface area (Å²) in [5, 5.41) is 14.2. The van der Waals surface area contributed by atoms with E-state index in [1.807, 2.05) is 55.5 Å². The van der Waals surface area contributed by atoms with Crippen LogP contribution in [0.1, 0.15) is 12.5 Å². The van der Waals surface area contributed by atoms with Gasteiger partial charge in [0.25, 0.3) is 5.91 Å². The molecule has 0 fully saturated rings. The first-order valence-electron chi connectivity index (χ1n) is 8.35. The molecule has 0 aliphatic heterocycles. The number of nitrogens with one attached hydrogen (secondary N) is 1. The van der Waals surface area contributed by atoms with Crippen molar-refractivity contribution in [1.82, 2.24) is 0 Å². The Balaban J connectivity index is 1.84.